The maximum Gasteiger partial charge on any atom is 0.185 e. The predicted octanol–water partition coefficient (Wildman–Crippen LogP) is 3.42. The molecule has 1 aliphatic rings. The molecule has 1 saturated heterocycles. The van der Waals surface area contributed by atoms with Crippen LogP contribution in [-0.4, -0.2) is 23.2 Å². The summed E-state index contributed by atoms with van der Waals surface area (Å²) in [6, 6.07) is 0. The first-order valence-electron chi connectivity index (χ1n) is 7.19. The third-order valence-electron chi connectivity index (χ3n) is 3.98. The lowest BCUT2D eigenvalue weighted by atomic mass is 9.91. The number of aliphatic hydroxyl groups excluding tert-OH is 1. The van der Waals surface area contributed by atoms with E-state index >= 15 is 0 Å². The predicted molar refractivity (Wildman–Crippen MR) is 81.9 cm³/mol. The third-order valence-corrected chi connectivity index (χ3v) is 5.08. The number of thiazole rings is 1. The zero-order valence-electron chi connectivity index (χ0n) is 12.7. The average Bonchev–Trinajstić information content (AvgIpc) is 2.94. The van der Waals surface area contributed by atoms with Crippen LogP contribution in [0.15, 0.2) is 0 Å². The molecule has 2 heterocycles. The van der Waals surface area contributed by atoms with Gasteiger partial charge in [-0.15, -0.1) is 0 Å². The number of hydrogen-bond donors (Lipinski definition) is 1. The Morgan fingerprint density at radius 2 is 2.11 bits per heavy atom. The third kappa shape index (κ3) is 3.11. The Hall–Kier alpha value is -0.610. The quantitative estimate of drug-likeness (QED) is 0.923. The Kier molecular flexibility index (Phi) is 4.21. The SMILES string of the molecule is CC(C)C1CCN(c2nc(C(C)(C)C)c(CO)s2)C1. The zero-order chi connectivity index (χ0) is 14.2. The second-order valence-corrected chi connectivity index (χ2v) is 7.98. The molecule has 0 bridgehead atoms. The van der Waals surface area contributed by atoms with E-state index in [0.717, 1.165) is 40.6 Å². The fourth-order valence-corrected chi connectivity index (χ4v) is 3.84. The highest BCUT2D eigenvalue weighted by atomic mass is 32.1. The van der Waals surface area contributed by atoms with Gasteiger partial charge in [-0.3, -0.25) is 0 Å². The van der Waals surface area contributed by atoms with Crippen LogP contribution in [0.2, 0.25) is 0 Å². The molecular weight excluding hydrogens is 256 g/mol. The second kappa shape index (κ2) is 5.41. The summed E-state index contributed by atoms with van der Waals surface area (Å²) in [6.45, 7) is 13.4. The van der Waals surface area contributed by atoms with Crippen LogP contribution in [0.1, 0.15) is 51.6 Å². The van der Waals surface area contributed by atoms with Crippen molar-refractivity contribution in [1.82, 2.24) is 4.98 Å². The summed E-state index contributed by atoms with van der Waals surface area (Å²) in [6.07, 6.45) is 1.26. The van der Waals surface area contributed by atoms with E-state index in [1.165, 1.54) is 6.42 Å². The first kappa shape index (κ1) is 14.8. The Morgan fingerprint density at radius 1 is 1.42 bits per heavy atom. The number of aliphatic hydroxyl groups is 1. The van der Waals surface area contributed by atoms with Crippen LogP contribution in [0, 0.1) is 11.8 Å². The van der Waals surface area contributed by atoms with Crippen molar-refractivity contribution in [3.05, 3.63) is 10.6 Å². The Balaban J connectivity index is 2.21. The fraction of sp³-hybridized carbons (Fsp3) is 0.800. The second-order valence-electron chi connectivity index (χ2n) is 6.92. The van der Waals surface area contributed by atoms with E-state index in [-0.39, 0.29) is 12.0 Å². The Morgan fingerprint density at radius 3 is 2.53 bits per heavy atom. The summed E-state index contributed by atoms with van der Waals surface area (Å²) in [5.41, 5.74) is 1.06. The van der Waals surface area contributed by atoms with Gasteiger partial charge < -0.3 is 10.0 Å². The molecule has 4 heteroatoms. The highest BCUT2D eigenvalue weighted by molar-refractivity contribution is 7.15. The van der Waals surface area contributed by atoms with Crippen LogP contribution in [0.3, 0.4) is 0 Å². The van der Waals surface area contributed by atoms with Crippen LogP contribution < -0.4 is 4.90 Å². The average molecular weight is 282 g/mol. The first-order chi connectivity index (χ1) is 8.82. The van der Waals surface area contributed by atoms with E-state index in [0.29, 0.717) is 0 Å². The van der Waals surface area contributed by atoms with Gasteiger partial charge in [-0.05, 0) is 18.3 Å². The van der Waals surface area contributed by atoms with Crippen molar-refractivity contribution in [2.75, 3.05) is 18.0 Å². The van der Waals surface area contributed by atoms with Gasteiger partial charge in [0.05, 0.1) is 17.2 Å². The molecule has 108 valence electrons. The molecule has 3 nitrogen and oxygen atoms in total. The highest BCUT2D eigenvalue weighted by Gasteiger charge is 2.29. The van der Waals surface area contributed by atoms with Gasteiger partial charge in [-0.1, -0.05) is 46.0 Å². The Labute approximate surface area is 120 Å². The van der Waals surface area contributed by atoms with Gasteiger partial charge in [0.2, 0.25) is 0 Å². The van der Waals surface area contributed by atoms with Crippen LogP contribution >= 0.6 is 11.3 Å². The molecule has 1 aromatic rings. The van der Waals surface area contributed by atoms with Crippen LogP contribution in [0.4, 0.5) is 5.13 Å². The summed E-state index contributed by atoms with van der Waals surface area (Å²) in [5, 5.41) is 10.6. The number of rotatable bonds is 3. The number of nitrogens with zero attached hydrogens (tertiary/aromatic N) is 2. The van der Waals surface area contributed by atoms with E-state index < -0.39 is 0 Å². The molecule has 0 amide bonds. The van der Waals surface area contributed by atoms with Crippen LogP contribution in [-0.2, 0) is 12.0 Å². The molecule has 1 unspecified atom stereocenters. The number of hydrogen-bond acceptors (Lipinski definition) is 4. The van der Waals surface area contributed by atoms with Gasteiger partial charge in [0, 0.05) is 18.5 Å². The largest absolute Gasteiger partial charge is 0.391 e. The molecule has 1 N–H and O–H groups in total. The van der Waals surface area contributed by atoms with Gasteiger partial charge in [0.25, 0.3) is 0 Å². The smallest absolute Gasteiger partial charge is 0.185 e. The molecular formula is C15H26N2OS. The van der Waals surface area contributed by atoms with Gasteiger partial charge in [0.1, 0.15) is 0 Å². The van der Waals surface area contributed by atoms with Gasteiger partial charge >= 0.3 is 0 Å². The Bertz CT molecular complexity index is 434. The van der Waals surface area contributed by atoms with Crippen molar-refractivity contribution < 1.29 is 5.11 Å². The standard InChI is InChI=1S/C15H26N2OS/c1-10(2)11-6-7-17(8-11)14-16-13(15(3,4)5)12(9-18)19-14/h10-11,18H,6-9H2,1-5H3. The summed E-state index contributed by atoms with van der Waals surface area (Å²) in [5.74, 6) is 1.52. The molecule has 0 radical (unpaired) electrons. The van der Waals surface area contributed by atoms with E-state index in [1.807, 2.05) is 0 Å². The van der Waals surface area contributed by atoms with E-state index in [4.69, 9.17) is 4.98 Å². The van der Waals surface area contributed by atoms with Crippen molar-refractivity contribution in [3.8, 4) is 0 Å². The van der Waals surface area contributed by atoms with E-state index in [1.54, 1.807) is 11.3 Å². The maximum atomic E-state index is 9.53. The van der Waals surface area contributed by atoms with Crippen LogP contribution in [0.25, 0.3) is 0 Å². The maximum absolute atomic E-state index is 9.53. The molecule has 0 saturated carbocycles. The van der Waals surface area contributed by atoms with Crippen molar-refractivity contribution in [3.63, 3.8) is 0 Å². The minimum atomic E-state index is 0.00396. The molecule has 19 heavy (non-hydrogen) atoms. The monoisotopic (exact) mass is 282 g/mol. The van der Waals surface area contributed by atoms with Gasteiger partial charge in [-0.25, -0.2) is 4.98 Å². The highest BCUT2D eigenvalue weighted by Crippen LogP contribution is 2.36. The molecule has 0 aromatic carbocycles. The molecule has 1 fully saturated rings. The topological polar surface area (TPSA) is 36.4 Å². The van der Waals surface area contributed by atoms with E-state index in [9.17, 15) is 5.11 Å². The van der Waals surface area contributed by atoms with Gasteiger partial charge in [0.15, 0.2) is 5.13 Å². The lowest BCUT2D eigenvalue weighted by Gasteiger charge is -2.18. The fourth-order valence-electron chi connectivity index (χ4n) is 2.67. The number of anilines is 1. The molecule has 1 aliphatic heterocycles. The zero-order valence-corrected chi connectivity index (χ0v) is 13.5. The lowest BCUT2D eigenvalue weighted by Crippen LogP contribution is -2.21. The molecule has 0 aliphatic carbocycles. The summed E-state index contributed by atoms with van der Waals surface area (Å²) >= 11 is 1.66. The molecule has 2 rings (SSSR count). The van der Waals surface area contributed by atoms with Crippen molar-refractivity contribution >= 4 is 16.5 Å². The summed E-state index contributed by atoms with van der Waals surface area (Å²) in [7, 11) is 0. The summed E-state index contributed by atoms with van der Waals surface area (Å²) in [4.78, 5) is 8.23. The van der Waals surface area contributed by atoms with Crippen molar-refractivity contribution in [1.29, 1.82) is 0 Å². The van der Waals surface area contributed by atoms with Crippen molar-refractivity contribution in [2.45, 2.75) is 53.1 Å². The van der Waals surface area contributed by atoms with Crippen LogP contribution in [0.5, 0.6) is 0 Å². The lowest BCUT2D eigenvalue weighted by molar-refractivity contribution is 0.282. The molecule has 1 aromatic heterocycles. The van der Waals surface area contributed by atoms with Gasteiger partial charge in [-0.2, -0.15) is 0 Å². The van der Waals surface area contributed by atoms with E-state index in [2.05, 4.69) is 39.5 Å². The normalized spacial score (nSPS) is 20.6. The minimum Gasteiger partial charge on any atom is -0.391 e. The number of aromatic nitrogens is 1. The minimum absolute atomic E-state index is 0.00396. The molecule has 0 spiro atoms. The van der Waals surface area contributed by atoms with Crippen molar-refractivity contribution in [2.24, 2.45) is 11.8 Å². The summed E-state index contributed by atoms with van der Waals surface area (Å²) < 4.78 is 0. The molecule has 1 atom stereocenters. The first-order valence-corrected chi connectivity index (χ1v) is 8.00.